The second kappa shape index (κ2) is 11.8. The maximum atomic E-state index is 12.6. The van der Waals surface area contributed by atoms with Crippen LogP contribution in [0.25, 0.3) is 22.0 Å². The van der Waals surface area contributed by atoms with Gasteiger partial charge in [0, 0.05) is 24.7 Å². The number of nitrogens with one attached hydrogen (secondary N) is 1. The second-order valence-corrected chi connectivity index (χ2v) is 14.2. The monoisotopic (exact) mass is 569 g/mol. The van der Waals surface area contributed by atoms with E-state index >= 15 is 0 Å². The highest BCUT2D eigenvalue weighted by Crippen LogP contribution is 2.41. The molecule has 218 valence electrons. The number of piperidine rings is 1. The van der Waals surface area contributed by atoms with Crippen LogP contribution in [0, 0.1) is 5.41 Å². The fourth-order valence-corrected chi connectivity index (χ4v) is 6.92. The molecule has 3 aromatic rings. The van der Waals surface area contributed by atoms with Crippen LogP contribution in [-0.4, -0.2) is 56.7 Å². The van der Waals surface area contributed by atoms with Crippen molar-refractivity contribution in [1.82, 2.24) is 9.29 Å². The molecule has 0 aliphatic carbocycles. The number of amides is 1. The number of rotatable bonds is 10. The Bertz CT molecular complexity index is 1480. The summed E-state index contributed by atoms with van der Waals surface area (Å²) in [6, 6.07) is 8.00. The molecular formula is C31H43N3O5S. The summed E-state index contributed by atoms with van der Waals surface area (Å²) in [7, 11) is 0.0847. The molecule has 2 heterocycles. The first kappa shape index (κ1) is 29.9. The Morgan fingerprint density at radius 2 is 1.75 bits per heavy atom. The third-order valence-corrected chi connectivity index (χ3v) is 9.88. The second-order valence-electron chi connectivity index (χ2n) is 11.9. The van der Waals surface area contributed by atoms with Crippen molar-refractivity contribution < 1.29 is 22.7 Å². The summed E-state index contributed by atoms with van der Waals surface area (Å²) in [5.74, 6) is 1.15. The summed E-state index contributed by atoms with van der Waals surface area (Å²) in [6.45, 7) is 9.37. The number of carbonyl (C=O) groups excluding carboxylic acids is 1. The molecule has 2 aromatic carbocycles. The molecule has 1 aliphatic rings. The lowest BCUT2D eigenvalue weighted by molar-refractivity contribution is 0.100. The quantitative estimate of drug-likeness (QED) is 0.318. The van der Waals surface area contributed by atoms with Gasteiger partial charge in [-0.3, -0.25) is 4.79 Å². The molecule has 4 rings (SSSR count). The Kier molecular flexibility index (Phi) is 8.85. The molecule has 0 saturated carbocycles. The number of hydrogen-bond acceptors (Lipinski definition) is 5. The highest BCUT2D eigenvalue weighted by atomic mass is 32.2. The molecule has 1 aromatic heterocycles. The van der Waals surface area contributed by atoms with Crippen LogP contribution in [0.3, 0.4) is 0 Å². The zero-order valence-electron chi connectivity index (χ0n) is 24.6. The number of nitrogens with zero attached hydrogens (tertiary/aromatic N) is 1. The lowest BCUT2D eigenvalue weighted by atomic mass is 9.87. The molecule has 1 aliphatic heterocycles. The largest absolute Gasteiger partial charge is 0.493 e. The summed E-state index contributed by atoms with van der Waals surface area (Å²) >= 11 is 0. The van der Waals surface area contributed by atoms with Gasteiger partial charge in [-0.2, -0.15) is 0 Å². The molecule has 0 spiro atoms. The van der Waals surface area contributed by atoms with Gasteiger partial charge in [-0.05, 0) is 96.9 Å². The molecule has 8 nitrogen and oxygen atoms in total. The average Bonchev–Trinajstić information content (AvgIpc) is 3.35. The van der Waals surface area contributed by atoms with E-state index in [4.69, 9.17) is 15.2 Å². The molecule has 0 unspecified atom stereocenters. The van der Waals surface area contributed by atoms with Gasteiger partial charge in [0.15, 0.2) is 11.5 Å². The number of aromatic amines is 1. The average molecular weight is 570 g/mol. The van der Waals surface area contributed by atoms with Crippen LogP contribution in [0.15, 0.2) is 30.5 Å². The van der Waals surface area contributed by atoms with E-state index in [9.17, 15) is 13.2 Å². The molecule has 0 bridgehead atoms. The van der Waals surface area contributed by atoms with Crippen molar-refractivity contribution in [3.05, 3.63) is 47.2 Å². The number of aryl methyl sites for hydroxylation is 1. The van der Waals surface area contributed by atoms with Crippen LogP contribution < -0.4 is 15.2 Å². The predicted molar refractivity (Wildman–Crippen MR) is 161 cm³/mol. The van der Waals surface area contributed by atoms with E-state index in [0.29, 0.717) is 29.9 Å². The molecule has 9 heteroatoms. The van der Waals surface area contributed by atoms with E-state index in [-0.39, 0.29) is 17.1 Å². The lowest BCUT2D eigenvalue weighted by Gasteiger charge is -2.31. The highest BCUT2D eigenvalue weighted by Gasteiger charge is 2.29. The smallest absolute Gasteiger partial charge is 0.250 e. The van der Waals surface area contributed by atoms with Crippen molar-refractivity contribution in [3.63, 3.8) is 0 Å². The van der Waals surface area contributed by atoms with Crippen LogP contribution in [0.1, 0.15) is 80.8 Å². The van der Waals surface area contributed by atoms with E-state index in [1.54, 1.807) is 25.4 Å². The summed E-state index contributed by atoms with van der Waals surface area (Å²) in [5.41, 5.74) is 11.2. The van der Waals surface area contributed by atoms with Gasteiger partial charge in [0.25, 0.3) is 5.91 Å². The minimum Gasteiger partial charge on any atom is -0.493 e. The van der Waals surface area contributed by atoms with Crippen molar-refractivity contribution >= 4 is 26.8 Å². The van der Waals surface area contributed by atoms with Gasteiger partial charge in [-0.1, -0.05) is 20.8 Å². The Hall–Kier alpha value is -3.04. The van der Waals surface area contributed by atoms with E-state index in [0.717, 1.165) is 65.5 Å². The Morgan fingerprint density at radius 3 is 2.33 bits per heavy atom. The predicted octanol–water partition coefficient (Wildman–Crippen LogP) is 5.85. The van der Waals surface area contributed by atoms with E-state index in [2.05, 4.69) is 37.9 Å². The van der Waals surface area contributed by atoms with Crippen LogP contribution in [0.5, 0.6) is 11.5 Å². The molecule has 40 heavy (non-hydrogen) atoms. The van der Waals surface area contributed by atoms with Crippen molar-refractivity contribution in [1.29, 1.82) is 0 Å². The van der Waals surface area contributed by atoms with Crippen molar-refractivity contribution in [2.45, 2.75) is 65.7 Å². The van der Waals surface area contributed by atoms with Gasteiger partial charge in [0.2, 0.25) is 10.0 Å². The Morgan fingerprint density at radius 1 is 1.07 bits per heavy atom. The number of carbonyl (C=O) groups is 1. The molecular weight excluding hydrogens is 526 g/mol. The fraction of sp³-hybridized carbons (Fsp3) is 0.516. The number of benzene rings is 2. The number of ether oxygens (including phenoxy) is 2. The van der Waals surface area contributed by atoms with Gasteiger partial charge in [0.05, 0.1) is 31.1 Å². The standard InChI is InChI=1S/C31H43N3O5S/c1-7-40(36,37)34-13-10-20(11-14-34)26-19-33-28-24(26)16-23(17-25(28)30(32)35)22-15-21(9-8-12-31(2,3)4)29(39-6)27(18-22)38-5/h15-20,33H,7-14H2,1-6H3,(H2,32,35). The third-order valence-electron chi connectivity index (χ3n) is 8.00. The number of methoxy groups -OCH3 is 2. The summed E-state index contributed by atoms with van der Waals surface area (Å²) in [5, 5.41) is 0.937. The molecule has 3 N–H and O–H groups in total. The summed E-state index contributed by atoms with van der Waals surface area (Å²) in [4.78, 5) is 15.9. The van der Waals surface area contributed by atoms with E-state index < -0.39 is 15.9 Å². The van der Waals surface area contributed by atoms with Gasteiger partial charge >= 0.3 is 0 Å². The molecule has 1 fully saturated rings. The Labute approximate surface area is 238 Å². The number of H-pyrrole nitrogens is 1. The number of fused-ring (bicyclic) bond motifs is 1. The molecule has 1 saturated heterocycles. The molecule has 0 radical (unpaired) electrons. The summed E-state index contributed by atoms with van der Waals surface area (Å²) < 4.78 is 37.8. The van der Waals surface area contributed by atoms with Gasteiger partial charge in [-0.15, -0.1) is 0 Å². The number of aromatic nitrogens is 1. The zero-order valence-corrected chi connectivity index (χ0v) is 25.4. The normalized spacial score (nSPS) is 15.4. The van der Waals surface area contributed by atoms with Crippen LogP contribution in [0.2, 0.25) is 0 Å². The topological polar surface area (TPSA) is 115 Å². The minimum absolute atomic E-state index is 0.111. The van der Waals surface area contributed by atoms with Gasteiger partial charge in [-0.25, -0.2) is 12.7 Å². The lowest BCUT2D eigenvalue weighted by Crippen LogP contribution is -2.38. The Balaban J connectivity index is 1.76. The van der Waals surface area contributed by atoms with Crippen LogP contribution >= 0.6 is 0 Å². The number of hydrogen-bond donors (Lipinski definition) is 2. The van der Waals surface area contributed by atoms with Gasteiger partial charge < -0.3 is 20.2 Å². The van der Waals surface area contributed by atoms with E-state index in [1.165, 1.54) is 0 Å². The number of sulfonamides is 1. The minimum atomic E-state index is -3.21. The first-order valence-corrected chi connectivity index (χ1v) is 15.7. The van der Waals surface area contributed by atoms with Crippen molar-refractivity contribution in [2.75, 3.05) is 33.1 Å². The number of primary amides is 1. The first-order chi connectivity index (χ1) is 18.9. The SMILES string of the molecule is CCS(=O)(=O)N1CCC(c2c[nH]c3c(C(N)=O)cc(-c4cc(CCCC(C)(C)C)c(OC)c(OC)c4)cc23)CC1. The molecule has 0 atom stereocenters. The molecule has 1 amide bonds. The van der Waals surface area contributed by atoms with Gasteiger partial charge in [0.1, 0.15) is 0 Å². The number of nitrogens with two attached hydrogens (primary N) is 1. The van der Waals surface area contributed by atoms with Crippen LogP contribution in [-0.2, 0) is 16.4 Å². The first-order valence-electron chi connectivity index (χ1n) is 14.1. The maximum Gasteiger partial charge on any atom is 0.250 e. The highest BCUT2D eigenvalue weighted by molar-refractivity contribution is 7.89. The fourth-order valence-electron chi connectivity index (χ4n) is 5.78. The summed E-state index contributed by atoms with van der Waals surface area (Å²) in [6.07, 6.45) is 6.30. The van der Waals surface area contributed by atoms with Crippen LogP contribution in [0.4, 0.5) is 0 Å². The van der Waals surface area contributed by atoms with E-state index in [1.807, 2.05) is 18.3 Å². The van der Waals surface area contributed by atoms with Crippen molar-refractivity contribution in [3.8, 4) is 22.6 Å². The zero-order chi connectivity index (χ0) is 29.2. The van der Waals surface area contributed by atoms with Crippen molar-refractivity contribution in [2.24, 2.45) is 11.1 Å². The maximum absolute atomic E-state index is 12.6. The third kappa shape index (κ3) is 6.31.